The standard InChI is InChI=1S/C20H21ClN4O3S/c1-2-24(20-23-22-17(29-20)12-7-9-13(21)10-8-12)16(26)11-25-18(27)14-5-3-4-6-15(14)19(25)28/h7-10,14-15H,2-6,11H2,1H3/t14-,15+. The molecule has 4 rings (SSSR count). The molecule has 0 unspecified atom stereocenters. The molecule has 1 aromatic heterocycles. The summed E-state index contributed by atoms with van der Waals surface area (Å²) in [6, 6.07) is 7.22. The van der Waals surface area contributed by atoms with Crippen LogP contribution in [0.1, 0.15) is 32.6 Å². The maximum absolute atomic E-state index is 12.9. The average Bonchev–Trinajstić information content (AvgIpc) is 3.29. The Labute approximate surface area is 177 Å². The Morgan fingerprint density at radius 2 is 1.76 bits per heavy atom. The molecule has 3 amide bonds. The molecule has 2 heterocycles. The number of likely N-dealkylation sites (tertiary alicyclic amines) is 1. The summed E-state index contributed by atoms with van der Waals surface area (Å²) in [5.74, 6) is -1.24. The van der Waals surface area contributed by atoms with Crippen molar-refractivity contribution in [2.24, 2.45) is 11.8 Å². The molecular weight excluding hydrogens is 412 g/mol. The van der Waals surface area contributed by atoms with Gasteiger partial charge in [-0.3, -0.25) is 24.2 Å². The number of carbonyl (C=O) groups is 3. The molecule has 9 heteroatoms. The third-order valence-electron chi connectivity index (χ3n) is 5.58. The molecular formula is C20H21ClN4O3S. The van der Waals surface area contributed by atoms with Crippen LogP contribution < -0.4 is 4.90 Å². The van der Waals surface area contributed by atoms with E-state index in [2.05, 4.69) is 10.2 Å². The molecule has 1 saturated carbocycles. The smallest absolute Gasteiger partial charge is 0.248 e. The van der Waals surface area contributed by atoms with E-state index in [1.54, 1.807) is 12.1 Å². The van der Waals surface area contributed by atoms with E-state index in [0.717, 1.165) is 36.1 Å². The number of rotatable bonds is 5. The number of nitrogens with zero attached hydrogens (tertiary/aromatic N) is 4. The van der Waals surface area contributed by atoms with E-state index in [-0.39, 0.29) is 36.1 Å². The summed E-state index contributed by atoms with van der Waals surface area (Å²) >= 11 is 7.21. The quantitative estimate of drug-likeness (QED) is 0.676. The van der Waals surface area contributed by atoms with Gasteiger partial charge in [0, 0.05) is 17.1 Å². The Morgan fingerprint density at radius 3 is 2.34 bits per heavy atom. The summed E-state index contributed by atoms with van der Waals surface area (Å²) in [7, 11) is 0. The SMILES string of the molecule is CCN(C(=O)CN1C(=O)[C@H]2CCCC[C@H]2C1=O)c1nnc(-c2ccc(Cl)cc2)s1. The van der Waals surface area contributed by atoms with Gasteiger partial charge in [-0.1, -0.05) is 47.9 Å². The van der Waals surface area contributed by atoms with Gasteiger partial charge in [0.2, 0.25) is 22.9 Å². The third kappa shape index (κ3) is 3.79. The number of amides is 3. The van der Waals surface area contributed by atoms with Gasteiger partial charge in [0.05, 0.1) is 11.8 Å². The first-order valence-electron chi connectivity index (χ1n) is 9.74. The lowest BCUT2D eigenvalue weighted by Crippen LogP contribution is -2.43. The fourth-order valence-corrected chi connectivity index (χ4v) is 5.12. The minimum atomic E-state index is -0.327. The zero-order valence-corrected chi connectivity index (χ0v) is 17.6. The van der Waals surface area contributed by atoms with Crippen LogP contribution in [0.4, 0.5) is 5.13 Å². The first kappa shape index (κ1) is 20.0. The molecule has 0 N–H and O–H groups in total. The lowest BCUT2D eigenvalue weighted by Gasteiger charge is -2.21. The van der Waals surface area contributed by atoms with Crippen LogP contribution in [0, 0.1) is 11.8 Å². The number of likely N-dealkylation sites (N-methyl/N-ethyl adjacent to an activating group) is 1. The maximum Gasteiger partial charge on any atom is 0.248 e. The number of halogens is 1. The molecule has 152 valence electrons. The largest absolute Gasteiger partial charge is 0.285 e. The summed E-state index contributed by atoms with van der Waals surface area (Å²) in [6.07, 6.45) is 3.39. The van der Waals surface area contributed by atoms with E-state index in [9.17, 15) is 14.4 Å². The molecule has 1 aliphatic heterocycles. The van der Waals surface area contributed by atoms with E-state index >= 15 is 0 Å². The molecule has 0 spiro atoms. The number of fused-ring (bicyclic) bond motifs is 1. The van der Waals surface area contributed by atoms with Crippen molar-refractivity contribution in [3.63, 3.8) is 0 Å². The molecule has 0 bridgehead atoms. The van der Waals surface area contributed by atoms with E-state index in [1.807, 2.05) is 19.1 Å². The molecule has 2 fully saturated rings. The molecule has 29 heavy (non-hydrogen) atoms. The van der Waals surface area contributed by atoms with Crippen LogP contribution in [-0.2, 0) is 14.4 Å². The normalized spacial score (nSPS) is 21.4. The van der Waals surface area contributed by atoms with Crippen molar-refractivity contribution >= 4 is 45.8 Å². The minimum Gasteiger partial charge on any atom is -0.285 e. The number of hydrogen-bond acceptors (Lipinski definition) is 6. The van der Waals surface area contributed by atoms with Gasteiger partial charge >= 0.3 is 0 Å². The summed E-state index contributed by atoms with van der Waals surface area (Å²) in [4.78, 5) is 40.8. The molecule has 2 aromatic rings. The molecule has 7 nitrogen and oxygen atoms in total. The van der Waals surface area contributed by atoms with E-state index in [0.29, 0.717) is 21.7 Å². The second-order valence-electron chi connectivity index (χ2n) is 7.29. The van der Waals surface area contributed by atoms with Crippen molar-refractivity contribution in [3.05, 3.63) is 29.3 Å². The molecule has 2 atom stereocenters. The van der Waals surface area contributed by atoms with Gasteiger partial charge in [-0.25, -0.2) is 0 Å². The fourth-order valence-electron chi connectivity index (χ4n) is 4.06. The van der Waals surface area contributed by atoms with Gasteiger partial charge in [0.25, 0.3) is 0 Å². The number of carbonyl (C=O) groups excluding carboxylic acids is 3. The lowest BCUT2D eigenvalue weighted by atomic mass is 9.81. The van der Waals surface area contributed by atoms with Gasteiger partial charge in [0.1, 0.15) is 11.6 Å². The zero-order valence-electron chi connectivity index (χ0n) is 16.0. The maximum atomic E-state index is 12.9. The average molecular weight is 433 g/mol. The van der Waals surface area contributed by atoms with Crippen LogP contribution in [0.15, 0.2) is 24.3 Å². The first-order valence-corrected chi connectivity index (χ1v) is 10.9. The van der Waals surface area contributed by atoms with Gasteiger partial charge in [-0.05, 0) is 31.9 Å². The van der Waals surface area contributed by atoms with Crippen molar-refractivity contribution in [1.29, 1.82) is 0 Å². The van der Waals surface area contributed by atoms with Gasteiger partial charge in [0.15, 0.2) is 0 Å². The van der Waals surface area contributed by atoms with Gasteiger partial charge in [-0.15, -0.1) is 10.2 Å². The van der Waals surface area contributed by atoms with E-state index in [1.165, 1.54) is 16.2 Å². The number of anilines is 1. The van der Waals surface area contributed by atoms with Crippen LogP contribution in [0.3, 0.4) is 0 Å². The Bertz CT molecular complexity index is 921. The molecule has 2 aliphatic rings. The summed E-state index contributed by atoms with van der Waals surface area (Å²) in [5, 5.41) is 10.1. The van der Waals surface area contributed by atoms with Crippen LogP contribution in [0.5, 0.6) is 0 Å². The first-order chi connectivity index (χ1) is 14.0. The van der Waals surface area contributed by atoms with Crippen molar-refractivity contribution < 1.29 is 14.4 Å². The van der Waals surface area contributed by atoms with Crippen molar-refractivity contribution in [2.75, 3.05) is 18.0 Å². The Hall–Kier alpha value is -2.32. The molecule has 1 saturated heterocycles. The highest BCUT2D eigenvalue weighted by Gasteiger charge is 2.48. The predicted octanol–water partition coefficient (Wildman–Crippen LogP) is 3.39. The highest BCUT2D eigenvalue weighted by atomic mass is 35.5. The van der Waals surface area contributed by atoms with Gasteiger partial charge in [-0.2, -0.15) is 0 Å². The monoisotopic (exact) mass is 432 g/mol. The Balaban J connectivity index is 1.49. The van der Waals surface area contributed by atoms with Crippen LogP contribution in [-0.4, -0.2) is 45.9 Å². The highest BCUT2D eigenvalue weighted by Crippen LogP contribution is 2.38. The number of aromatic nitrogens is 2. The summed E-state index contributed by atoms with van der Waals surface area (Å²) in [5.41, 5.74) is 0.857. The number of imide groups is 1. The second kappa shape index (κ2) is 8.20. The topological polar surface area (TPSA) is 83.5 Å². The second-order valence-corrected chi connectivity index (χ2v) is 8.69. The molecule has 0 radical (unpaired) electrons. The fraction of sp³-hybridized carbons (Fsp3) is 0.450. The molecule has 1 aromatic carbocycles. The third-order valence-corrected chi connectivity index (χ3v) is 6.83. The van der Waals surface area contributed by atoms with Gasteiger partial charge < -0.3 is 0 Å². The van der Waals surface area contributed by atoms with E-state index < -0.39 is 0 Å². The van der Waals surface area contributed by atoms with E-state index in [4.69, 9.17) is 11.6 Å². The lowest BCUT2D eigenvalue weighted by molar-refractivity contribution is -0.143. The van der Waals surface area contributed by atoms with Crippen molar-refractivity contribution in [1.82, 2.24) is 15.1 Å². The van der Waals surface area contributed by atoms with Crippen molar-refractivity contribution in [3.8, 4) is 10.6 Å². The van der Waals surface area contributed by atoms with Crippen LogP contribution in [0.25, 0.3) is 10.6 Å². The number of benzene rings is 1. The minimum absolute atomic E-state index is 0.205. The summed E-state index contributed by atoms with van der Waals surface area (Å²) in [6.45, 7) is 1.96. The highest BCUT2D eigenvalue weighted by molar-refractivity contribution is 7.18. The summed E-state index contributed by atoms with van der Waals surface area (Å²) < 4.78 is 0. The number of hydrogen-bond donors (Lipinski definition) is 0. The molecule has 1 aliphatic carbocycles. The Morgan fingerprint density at radius 1 is 1.14 bits per heavy atom. The predicted molar refractivity (Wildman–Crippen MR) is 111 cm³/mol. The van der Waals surface area contributed by atoms with Crippen molar-refractivity contribution in [2.45, 2.75) is 32.6 Å². The van der Waals surface area contributed by atoms with Crippen LogP contribution in [0.2, 0.25) is 5.02 Å². The Kier molecular flexibility index (Phi) is 5.65. The van der Waals surface area contributed by atoms with Crippen LogP contribution >= 0.6 is 22.9 Å². The zero-order chi connectivity index (χ0) is 20.5.